The van der Waals surface area contributed by atoms with Gasteiger partial charge in [0.15, 0.2) is 0 Å². The van der Waals surface area contributed by atoms with Crippen LogP contribution in [0.25, 0.3) is 0 Å². The van der Waals surface area contributed by atoms with Crippen molar-refractivity contribution in [1.82, 2.24) is 9.55 Å². The smallest absolute Gasteiger partial charge is 0.309 e. The number of nitrogens with zero attached hydrogens (tertiary/aromatic N) is 2. The van der Waals surface area contributed by atoms with Crippen LogP contribution in [0.3, 0.4) is 0 Å². The SMILES string of the molecule is CC.CCn1cncc1CC(=O)O. The summed E-state index contributed by atoms with van der Waals surface area (Å²) in [6.07, 6.45) is 3.27. The minimum atomic E-state index is -0.819. The fourth-order valence-corrected chi connectivity index (χ4v) is 0.935. The lowest BCUT2D eigenvalue weighted by Crippen LogP contribution is -2.06. The van der Waals surface area contributed by atoms with Crippen molar-refractivity contribution in [1.29, 1.82) is 0 Å². The maximum atomic E-state index is 10.3. The van der Waals surface area contributed by atoms with Gasteiger partial charge in [-0.1, -0.05) is 13.8 Å². The minimum absolute atomic E-state index is 0.0494. The van der Waals surface area contributed by atoms with Crippen LogP contribution in [-0.2, 0) is 17.8 Å². The fraction of sp³-hybridized carbons (Fsp3) is 0.556. The van der Waals surface area contributed by atoms with Gasteiger partial charge in [-0.2, -0.15) is 0 Å². The number of aryl methyl sites for hydroxylation is 1. The molecule has 0 atom stereocenters. The van der Waals surface area contributed by atoms with Gasteiger partial charge in [-0.3, -0.25) is 4.79 Å². The van der Waals surface area contributed by atoms with Crippen molar-refractivity contribution >= 4 is 5.97 Å². The molecule has 4 heteroatoms. The molecule has 13 heavy (non-hydrogen) atoms. The van der Waals surface area contributed by atoms with Crippen LogP contribution in [-0.4, -0.2) is 20.6 Å². The predicted molar refractivity (Wildman–Crippen MR) is 50.6 cm³/mol. The van der Waals surface area contributed by atoms with Crippen LogP contribution >= 0.6 is 0 Å². The van der Waals surface area contributed by atoms with Gasteiger partial charge in [0.25, 0.3) is 0 Å². The first kappa shape index (κ1) is 11.7. The Morgan fingerprint density at radius 2 is 2.23 bits per heavy atom. The van der Waals surface area contributed by atoms with E-state index in [1.165, 1.54) is 0 Å². The summed E-state index contributed by atoms with van der Waals surface area (Å²) >= 11 is 0. The summed E-state index contributed by atoms with van der Waals surface area (Å²) in [6.45, 7) is 6.72. The van der Waals surface area contributed by atoms with Gasteiger partial charge < -0.3 is 9.67 Å². The van der Waals surface area contributed by atoms with Gasteiger partial charge in [0, 0.05) is 18.4 Å². The highest BCUT2D eigenvalue weighted by atomic mass is 16.4. The van der Waals surface area contributed by atoms with E-state index in [2.05, 4.69) is 4.98 Å². The summed E-state index contributed by atoms with van der Waals surface area (Å²) in [5.74, 6) is -0.819. The molecule has 0 aliphatic carbocycles. The van der Waals surface area contributed by atoms with Gasteiger partial charge in [-0.15, -0.1) is 0 Å². The van der Waals surface area contributed by atoms with Gasteiger partial charge in [0.2, 0.25) is 0 Å². The minimum Gasteiger partial charge on any atom is -0.481 e. The molecule has 1 rings (SSSR count). The Labute approximate surface area is 78.2 Å². The molecular formula is C9H16N2O2. The van der Waals surface area contributed by atoms with Crippen molar-refractivity contribution in [2.75, 3.05) is 0 Å². The zero-order chi connectivity index (χ0) is 10.3. The third-order valence-corrected chi connectivity index (χ3v) is 1.47. The quantitative estimate of drug-likeness (QED) is 0.775. The number of imidazole rings is 1. The maximum absolute atomic E-state index is 10.3. The zero-order valence-corrected chi connectivity index (χ0v) is 8.32. The van der Waals surface area contributed by atoms with E-state index in [0.29, 0.717) is 0 Å². The Kier molecular flexibility index (Phi) is 5.59. The van der Waals surface area contributed by atoms with Crippen molar-refractivity contribution in [3.8, 4) is 0 Å². The lowest BCUT2D eigenvalue weighted by atomic mass is 10.3. The van der Waals surface area contributed by atoms with Gasteiger partial charge >= 0.3 is 5.97 Å². The predicted octanol–water partition coefficient (Wildman–Crippen LogP) is 1.56. The van der Waals surface area contributed by atoms with Gasteiger partial charge in [0.1, 0.15) is 0 Å². The Hall–Kier alpha value is -1.32. The molecule has 0 radical (unpaired) electrons. The lowest BCUT2D eigenvalue weighted by molar-refractivity contribution is -0.136. The standard InChI is InChI=1S/C7H10N2O2.C2H6/c1-2-9-5-8-4-6(9)3-7(10)11;1-2/h4-5H,2-3H2,1H3,(H,10,11);1-2H3. The van der Waals surface area contributed by atoms with E-state index in [0.717, 1.165) is 12.2 Å². The molecular weight excluding hydrogens is 168 g/mol. The van der Waals surface area contributed by atoms with Crippen LogP contribution < -0.4 is 0 Å². The van der Waals surface area contributed by atoms with E-state index in [1.807, 2.05) is 25.3 Å². The van der Waals surface area contributed by atoms with Crippen molar-refractivity contribution in [2.24, 2.45) is 0 Å². The Morgan fingerprint density at radius 3 is 2.69 bits per heavy atom. The molecule has 1 N–H and O–H groups in total. The van der Waals surface area contributed by atoms with Gasteiger partial charge in [-0.05, 0) is 6.92 Å². The summed E-state index contributed by atoms with van der Waals surface area (Å²) in [5.41, 5.74) is 0.750. The third kappa shape index (κ3) is 3.73. The first-order chi connectivity index (χ1) is 6.24. The van der Waals surface area contributed by atoms with E-state index in [9.17, 15) is 4.79 Å². The topological polar surface area (TPSA) is 55.1 Å². The number of rotatable bonds is 3. The first-order valence-corrected chi connectivity index (χ1v) is 4.45. The highest BCUT2D eigenvalue weighted by Crippen LogP contribution is 1.99. The second kappa shape index (κ2) is 6.22. The number of hydrogen-bond donors (Lipinski definition) is 1. The number of carboxylic acid groups (broad SMARTS) is 1. The number of carboxylic acids is 1. The van der Waals surface area contributed by atoms with Gasteiger partial charge in [-0.25, -0.2) is 4.98 Å². The van der Waals surface area contributed by atoms with Crippen molar-refractivity contribution in [2.45, 2.75) is 33.7 Å². The molecule has 0 saturated heterocycles. The average molecular weight is 184 g/mol. The summed E-state index contributed by atoms with van der Waals surface area (Å²) in [7, 11) is 0. The summed E-state index contributed by atoms with van der Waals surface area (Å²) in [5, 5.41) is 8.46. The zero-order valence-electron chi connectivity index (χ0n) is 8.32. The number of carbonyl (C=O) groups is 1. The van der Waals surface area contributed by atoms with E-state index in [1.54, 1.807) is 12.5 Å². The van der Waals surface area contributed by atoms with E-state index in [-0.39, 0.29) is 6.42 Å². The van der Waals surface area contributed by atoms with Crippen LogP contribution in [0.15, 0.2) is 12.5 Å². The van der Waals surface area contributed by atoms with Crippen LogP contribution in [0.5, 0.6) is 0 Å². The summed E-state index contributed by atoms with van der Waals surface area (Å²) in [4.78, 5) is 14.1. The third-order valence-electron chi connectivity index (χ3n) is 1.47. The average Bonchev–Trinajstić information content (AvgIpc) is 2.54. The van der Waals surface area contributed by atoms with Crippen molar-refractivity contribution < 1.29 is 9.90 Å². The second-order valence-electron chi connectivity index (χ2n) is 2.24. The van der Waals surface area contributed by atoms with Crippen LogP contribution in [0, 0.1) is 0 Å². The monoisotopic (exact) mass is 184 g/mol. The number of aliphatic carboxylic acids is 1. The Morgan fingerprint density at radius 1 is 1.62 bits per heavy atom. The molecule has 0 aromatic carbocycles. The lowest BCUT2D eigenvalue weighted by Gasteiger charge is -2.00. The second-order valence-corrected chi connectivity index (χ2v) is 2.24. The molecule has 0 spiro atoms. The summed E-state index contributed by atoms with van der Waals surface area (Å²) in [6, 6.07) is 0. The highest BCUT2D eigenvalue weighted by Gasteiger charge is 2.04. The normalized spacial score (nSPS) is 8.85. The largest absolute Gasteiger partial charge is 0.481 e. The van der Waals surface area contributed by atoms with Gasteiger partial charge in [0.05, 0.1) is 12.7 Å². The first-order valence-electron chi connectivity index (χ1n) is 4.45. The van der Waals surface area contributed by atoms with Crippen molar-refractivity contribution in [3.63, 3.8) is 0 Å². The molecule has 0 bridgehead atoms. The molecule has 0 saturated carbocycles. The molecule has 0 amide bonds. The van der Waals surface area contributed by atoms with Crippen LogP contribution in [0.2, 0.25) is 0 Å². The number of hydrogen-bond acceptors (Lipinski definition) is 2. The molecule has 0 unspecified atom stereocenters. The fourth-order valence-electron chi connectivity index (χ4n) is 0.935. The van der Waals surface area contributed by atoms with E-state index < -0.39 is 5.97 Å². The molecule has 1 aromatic rings. The Balaban J connectivity index is 0.000000671. The van der Waals surface area contributed by atoms with E-state index in [4.69, 9.17) is 5.11 Å². The number of aromatic nitrogens is 2. The highest BCUT2D eigenvalue weighted by molar-refractivity contribution is 5.69. The summed E-state index contributed by atoms with van der Waals surface area (Å²) < 4.78 is 1.81. The molecule has 74 valence electrons. The maximum Gasteiger partial charge on any atom is 0.309 e. The molecule has 0 aliphatic heterocycles. The molecule has 0 aliphatic rings. The van der Waals surface area contributed by atoms with Crippen LogP contribution in [0.1, 0.15) is 26.5 Å². The molecule has 0 fully saturated rings. The van der Waals surface area contributed by atoms with E-state index >= 15 is 0 Å². The molecule has 4 nitrogen and oxygen atoms in total. The Bertz CT molecular complexity index is 256. The molecule has 1 aromatic heterocycles. The van der Waals surface area contributed by atoms with Crippen LogP contribution in [0.4, 0.5) is 0 Å². The van der Waals surface area contributed by atoms with Crippen molar-refractivity contribution in [3.05, 3.63) is 18.2 Å². The molecule has 1 heterocycles.